The summed E-state index contributed by atoms with van der Waals surface area (Å²) in [4.78, 5) is 20.5. The Morgan fingerprint density at radius 3 is 2.38 bits per heavy atom. The average molecular weight is 395 g/mol. The summed E-state index contributed by atoms with van der Waals surface area (Å²) < 4.78 is 26.8. The Labute approximate surface area is 157 Å². The van der Waals surface area contributed by atoms with Crippen LogP contribution in [-0.2, 0) is 14.8 Å². The first-order chi connectivity index (χ1) is 12.5. The molecule has 1 fully saturated rings. The van der Waals surface area contributed by atoms with Crippen molar-refractivity contribution >= 4 is 33.3 Å². The van der Waals surface area contributed by atoms with Crippen LogP contribution in [0.25, 0.3) is 0 Å². The van der Waals surface area contributed by atoms with Crippen LogP contribution in [0.4, 0.5) is 5.82 Å². The van der Waals surface area contributed by atoms with Crippen LogP contribution in [0, 0.1) is 0 Å². The minimum atomic E-state index is -3.74. The Hall–Kier alpha value is -2.16. The van der Waals surface area contributed by atoms with E-state index in [4.69, 9.17) is 11.6 Å². The van der Waals surface area contributed by atoms with Gasteiger partial charge in [0.2, 0.25) is 15.9 Å². The number of hydrogen-bond donors (Lipinski definition) is 1. The van der Waals surface area contributed by atoms with Gasteiger partial charge in [-0.05, 0) is 36.4 Å². The predicted octanol–water partition coefficient (Wildman–Crippen LogP) is 1.36. The summed E-state index contributed by atoms with van der Waals surface area (Å²) in [7, 11) is -3.74. The molecule has 1 aliphatic rings. The van der Waals surface area contributed by atoms with Crippen molar-refractivity contribution in [3.05, 3.63) is 53.7 Å². The van der Waals surface area contributed by atoms with Crippen LogP contribution in [0.15, 0.2) is 53.6 Å². The first-order valence-corrected chi connectivity index (χ1v) is 10.0. The highest BCUT2D eigenvalue weighted by molar-refractivity contribution is 7.89. The highest BCUT2D eigenvalue weighted by atomic mass is 35.5. The standard InChI is InChI=1S/C17H19ClN4O3S/c18-14-4-6-15(7-5-14)26(24,25)20-13-17(23)22-11-9-21(10-12-22)16-3-1-2-8-19-16/h1-8,20H,9-13H2. The molecule has 26 heavy (non-hydrogen) atoms. The summed E-state index contributed by atoms with van der Waals surface area (Å²) in [6.45, 7) is 2.10. The van der Waals surface area contributed by atoms with E-state index in [0.29, 0.717) is 31.2 Å². The number of rotatable bonds is 5. The van der Waals surface area contributed by atoms with Crippen LogP contribution < -0.4 is 9.62 Å². The fourth-order valence-corrected chi connectivity index (χ4v) is 3.79. The first kappa shape index (κ1) is 18.6. The van der Waals surface area contributed by atoms with E-state index in [1.807, 2.05) is 18.2 Å². The topological polar surface area (TPSA) is 82.6 Å². The SMILES string of the molecule is O=C(CNS(=O)(=O)c1ccc(Cl)cc1)N1CCN(c2ccccn2)CC1. The van der Waals surface area contributed by atoms with Crippen molar-refractivity contribution < 1.29 is 13.2 Å². The Balaban J connectivity index is 1.52. The number of halogens is 1. The maximum Gasteiger partial charge on any atom is 0.241 e. The number of sulfonamides is 1. The van der Waals surface area contributed by atoms with Gasteiger partial charge in [0.05, 0.1) is 11.4 Å². The lowest BCUT2D eigenvalue weighted by Crippen LogP contribution is -2.51. The zero-order valence-electron chi connectivity index (χ0n) is 14.0. The van der Waals surface area contributed by atoms with Gasteiger partial charge >= 0.3 is 0 Å². The molecular formula is C17H19ClN4O3S. The second-order valence-corrected chi connectivity index (χ2v) is 8.04. The highest BCUT2D eigenvalue weighted by Gasteiger charge is 2.23. The normalized spacial score (nSPS) is 15.1. The molecule has 9 heteroatoms. The number of carbonyl (C=O) groups excluding carboxylic acids is 1. The molecular weight excluding hydrogens is 376 g/mol. The smallest absolute Gasteiger partial charge is 0.241 e. The molecule has 0 atom stereocenters. The lowest BCUT2D eigenvalue weighted by molar-refractivity contribution is -0.130. The minimum absolute atomic E-state index is 0.0784. The number of hydrogen-bond acceptors (Lipinski definition) is 5. The summed E-state index contributed by atoms with van der Waals surface area (Å²) in [5.41, 5.74) is 0. The number of nitrogens with zero attached hydrogens (tertiary/aromatic N) is 3. The van der Waals surface area contributed by atoms with E-state index >= 15 is 0 Å². The fraction of sp³-hybridized carbons (Fsp3) is 0.294. The van der Waals surface area contributed by atoms with Gasteiger partial charge in [0.15, 0.2) is 0 Å². The lowest BCUT2D eigenvalue weighted by Gasteiger charge is -2.35. The molecule has 0 radical (unpaired) electrons. The Morgan fingerprint density at radius 1 is 1.08 bits per heavy atom. The second-order valence-electron chi connectivity index (χ2n) is 5.83. The van der Waals surface area contributed by atoms with Gasteiger partial charge in [0.25, 0.3) is 0 Å². The van der Waals surface area contributed by atoms with Gasteiger partial charge in [0, 0.05) is 37.4 Å². The molecule has 1 amide bonds. The molecule has 1 aliphatic heterocycles. The molecule has 0 unspecified atom stereocenters. The molecule has 2 heterocycles. The monoisotopic (exact) mass is 394 g/mol. The van der Waals surface area contributed by atoms with E-state index in [9.17, 15) is 13.2 Å². The van der Waals surface area contributed by atoms with Crippen LogP contribution in [0.1, 0.15) is 0 Å². The maximum absolute atomic E-state index is 12.3. The molecule has 7 nitrogen and oxygen atoms in total. The number of carbonyl (C=O) groups is 1. The van der Waals surface area contributed by atoms with Crippen molar-refractivity contribution in [1.29, 1.82) is 0 Å². The van der Waals surface area contributed by atoms with Gasteiger partial charge in [-0.3, -0.25) is 4.79 Å². The number of aromatic nitrogens is 1. The predicted molar refractivity (Wildman–Crippen MR) is 99.7 cm³/mol. The molecule has 1 aromatic heterocycles. The van der Waals surface area contributed by atoms with Crippen molar-refractivity contribution in [2.45, 2.75) is 4.90 Å². The third kappa shape index (κ3) is 4.51. The summed E-state index contributed by atoms with van der Waals surface area (Å²) in [6.07, 6.45) is 1.73. The van der Waals surface area contributed by atoms with Crippen LogP contribution >= 0.6 is 11.6 Å². The van der Waals surface area contributed by atoms with Crippen molar-refractivity contribution in [2.75, 3.05) is 37.6 Å². The molecule has 138 valence electrons. The summed E-state index contributed by atoms with van der Waals surface area (Å²) in [5, 5.41) is 0.450. The minimum Gasteiger partial charge on any atom is -0.353 e. The average Bonchev–Trinajstić information content (AvgIpc) is 2.67. The summed E-state index contributed by atoms with van der Waals surface area (Å²) >= 11 is 5.76. The number of anilines is 1. The fourth-order valence-electron chi connectivity index (χ4n) is 2.69. The molecule has 0 bridgehead atoms. The van der Waals surface area contributed by atoms with E-state index in [1.165, 1.54) is 24.3 Å². The Morgan fingerprint density at radius 2 is 1.77 bits per heavy atom. The zero-order valence-corrected chi connectivity index (χ0v) is 15.6. The van der Waals surface area contributed by atoms with E-state index in [0.717, 1.165) is 5.82 Å². The van der Waals surface area contributed by atoms with Crippen LogP contribution in [0.5, 0.6) is 0 Å². The van der Waals surface area contributed by atoms with Crippen LogP contribution in [-0.4, -0.2) is 56.9 Å². The van der Waals surface area contributed by atoms with Gasteiger partial charge in [0.1, 0.15) is 5.82 Å². The van der Waals surface area contributed by atoms with E-state index in [-0.39, 0.29) is 17.3 Å². The molecule has 0 saturated carbocycles. The summed E-state index contributed by atoms with van der Waals surface area (Å²) in [5.74, 6) is 0.631. The third-order valence-electron chi connectivity index (χ3n) is 4.14. The number of pyridine rings is 1. The van der Waals surface area contributed by atoms with Gasteiger partial charge in [-0.15, -0.1) is 0 Å². The van der Waals surface area contributed by atoms with Gasteiger partial charge < -0.3 is 9.80 Å². The zero-order chi connectivity index (χ0) is 18.6. The molecule has 0 spiro atoms. The van der Waals surface area contributed by atoms with Crippen LogP contribution in [0.3, 0.4) is 0 Å². The maximum atomic E-state index is 12.3. The number of benzene rings is 1. The first-order valence-electron chi connectivity index (χ1n) is 8.15. The highest BCUT2D eigenvalue weighted by Crippen LogP contribution is 2.14. The van der Waals surface area contributed by atoms with Crippen molar-refractivity contribution in [3.8, 4) is 0 Å². The van der Waals surface area contributed by atoms with E-state index in [2.05, 4.69) is 14.6 Å². The molecule has 2 aromatic rings. The molecule has 1 aromatic carbocycles. The number of nitrogens with one attached hydrogen (secondary N) is 1. The van der Waals surface area contributed by atoms with E-state index < -0.39 is 10.0 Å². The molecule has 3 rings (SSSR count). The van der Waals surface area contributed by atoms with Gasteiger partial charge in [-0.1, -0.05) is 17.7 Å². The van der Waals surface area contributed by atoms with Crippen molar-refractivity contribution in [1.82, 2.24) is 14.6 Å². The summed E-state index contributed by atoms with van der Waals surface area (Å²) in [6, 6.07) is 11.5. The third-order valence-corrected chi connectivity index (χ3v) is 5.81. The number of piperazine rings is 1. The molecule has 1 N–H and O–H groups in total. The largest absolute Gasteiger partial charge is 0.353 e. The Bertz CT molecular complexity index is 851. The van der Waals surface area contributed by atoms with Gasteiger partial charge in [-0.25, -0.2) is 18.1 Å². The number of amides is 1. The van der Waals surface area contributed by atoms with E-state index in [1.54, 1.807) is 11.1 Å². The second kappa shape index (κ2) is 8.03. The lowest BCUT2D eigenvalue weighted by atomic mass is 10.3. The molecule has 1 saturated heterocycles. The quantitative estimate of drug-likeness (QED) is 0.828. The van der Waals surface area contributed by atoms with Crippen molar-refractivity contribution in [2.24, 2.45) is 0 Å². The van der Waals surface area contributed by atoms with Crippen LogP contribution in [0.2, 0.25) is 5.02 Å². The molecule has 0 aliphatic carbocycles. The Kier molecular flexibility index (Phi) is 5.75. The van der Waals surface area contributed by atoms with Gasteiger partial charge in [-0.2, -0.15) is 0 Å². The van der Waals surface area contributed by atoms with Crippen molar-refractivity contribution in [3.63, 3.8) is 0 Å².